The summed E-state index contributed by atoms with van der Waals surface area (Å²) < 4.78 is 15.8. The second kappa shape index (κ2) is 7.48. The molecule has 0 heterocycles. The van der Waals surface area contributed by atoms with Crippen molar-refractivity contribution in [1.82, 2.24) is 0 Å². The summed E-state index contributed by atoms with van der Waals surface area (Å²) in [5.41, 5.74) is -0.815. The van der Waals surface area contributed by atoms with Crippen LogP contribution in [0, 0.1) is 0 Å². The lowest BCUT2D eigenvalue weighted by Crippen LogP contribution is -2.38. The van der Waals surface area contributed by atoms with Crippen molar-refractivity contribution in [2.75, 3.05) is 13.2 Å². The average Bonchev–Trinajstić information content (AvgIpc) is 2.12. The Kier molecular flexibility index (Phi) is 7.05. The number of hydrogen-bond acceptors (Lipinski definition) is 5. The second-order valence-electron chi connectivity index (χ2n) is 5.80. The summed E-state index contributed by atoms with van der Waals surface area (Å²) in [6, 6.07) is 0. The third-order valence-corrected chi connectivity index (χ3v) is 2.57. The lowest BCUT2D eigenvalue weighted by Gasteiger charge is -2.36. The van der Waals surface area contributed by atoms with E-state index in [1.165, 1.54) is 13.8 Å². The number of ether oxygens (including phenoxy) is 3. The smallest absolute Gasteiger partial charge is 0.302 e. The van der Waals surface area contributed by atoms with Gasteiger partial charge in [-0.05, 0) is 27.7 Å². The van der Waals surface area contributed by atoms with E-state index in [9.17, 15) is 9.59 Å². The quantitative estimate of drug-likeness (QED) is 0.636. The van der Waals surface area contributed by atoms with Gasteiger partial charge in [-0.2, -0.15) is 0 Å². The molecule has 0 aromatic heterocycles. The highest BCUT2D eigenvalue weighted by atomic mass is 16.5. The Morgan fingerprint density at radius 2 is 1.11 bits per heavy atom. The van der Waals surface area contributed by atoms with Crippen LogP contribution in [-0.4, -0.2) is 36.4 Å². The van der Waals surface area contributed by atoms with Crippen molar-refractivity contribution in [3.63, 3.8) is 0 Å². The van der Waals surface area contributed by atoms with E-state index in [2.05, 4.69) is 0 Å². The molecule has 0 spiro atoms. The highest BCUT2D eigenvalue weighted by Crippen LogP contribution is 2.25. The summed E-state index contributed by atoms with van der Waals surface area (Å²) in [6.07, 6.45) is 1.23. The molecule has 0 unspecified atom stereocenters. The van der Waals surface area contributed by atoms with Crippen molar-refractivity contribution in [2.45, 2.75) is 65.6 Å². The maximum Gasteiger partial charge on any atom is 0.302 e. The van der Waals surface area contributed by atoms with E-state index in [1.807, 2.05) is 27.7 Å². The zero-order valence-corrected chi connectivity index (χ0v) is 12.9. The molecule has 0 saturated carbocycles. The first-order chi connectivity index (χ1) is 8.54. The van der Waals surface area contributed by atoms with Crippen LogP contribution in [0.5, 0.6) is 0 Å². The van der Waals surface area contributed by atoms with Crippen LogP contribution >= 0.6 is 0 Å². The van der Waals surface area contributed by atoms with Gasteiger partial charge in [-0.3, -0.25) is 9.59 Å². The summed E-state index contributed by atoms with van der Waals surface area (Å²) in [7, 11) is 0. The van der Waals surface area contributed by atoms with Crippen molar-refractivity contribution in [2.24, 2.45) is 0 Å². The van der Waals surface area contributed by atoms with E-state index in [-0.39, 0.29) is 11.9 Å². The minimum atomic E-state index is -0.408. The topological polar surface area (TPSA) is 61.8 Å². The van der Waals surface area contributed by atoms with Gasteiger partial charge in [-0.1, -0.05) is 0 Å². The molecule has 0 atom stereocenters. The molecule has 0 aliphatic carbocycles. The largest absolute Gasteiger partial charge is 0.466 e. The molecule has 19 heavy (non-hydrogen) atoms. The fourth-order valence-electron chi connectivity index (χ4n) is 1.73. The van der Waals surface area contributed by atoms with E-state index < -0.39 is 11.2 Å². The van der Waals surface area contributed by atoms with Crippen LogP contribution in [0.1, 0.15) is 54.4 Å². The van der Waals surface area contributed by atoms with Crippen LogP contribution in [0.15, 0.2) is 0 Å². The molecule has 0 fully saturated rings. The molecule has 0 aromatic rings. The highest BCUT2D eigenvalue weighted by molar-refractivity contribution is 5.66. The van der Waals surface area contributed by atoms with Crippen LogP contribution in [0.25, 0.3) is 0 Å². The van der Waals surface area contributed by atoms with Gasteiger partial charge in [0.1, 0.15) is 0 Å². The molecule has 0 radical (unpaired) electrons. The Morgan fingerprint density at radius 3 is 1.37 bits per heavy atom. The maximum absolute atomic E-state index is 10.7. The Labute approximate surface area is 115 Å². The van der Waals surface area contributed by atoms with Gasteiger partial charge >= 0.3 is 11.9 Å². The molecule has 0 aromatic carbocycles. The van der Waals surface area contributed by atoms with Gasteiger partial charge in [0.05, 0.1) is 24.4 Å². The standard InChI is InChI=1S/C14H26O5/c1-11(15)17-9-7-13(3,4)19-14(5,6)8-10-18-12(2)16/h7-10H2,1-6H3. The van der Waals surface area contributed by atoms with Crippen molar-refractivity contribution in [3.05, 3.63) is 0 Å². The molecule has 0 saturated heterocycles. The molecule has 0 amide bonds. The number of carbonyl (C=O) groups is 2. The van der Waals surface area contributed by atoms with Crippen LogP contribution < -0.4 is 0 Å². The second-order valence-corrected chi connectivity index (χ2v) is 5.80. The zero-order chi connectivity index (χ0) is 15.1. The Morgan fingerprint density at radius 1 is 0.789 bits per heavy atom. The van der Waals surface area contributed by atoms with E-state index >= 15 is 0 Å². The Bertz CT molecular complexity index is 277. The summed E-state index contributed by atoms with van der Waals surface area (Å²) >= 11 is 0. The van der Waals surface area contributed by atoms with Crippen molar-refractivity contribution in [1.29, 1.82) is 0 Å². The number of rotatable bonds is 8. The van der Waals surface area contributed by atoms with Crippen LogP contribution in [0.3, 0.4) is 0 Å². The van der Waals surface area contributed by atoms with Gasteiger partial charge in [0.25, 0.3) is 0 Å². The molecule has 5 nitrogen and oxygen atoms in total. The van der Waals surface area contributed by atoms with Crippen molar-refractivity contribution in [3.8, 4) is 0 Å². The van der Waals surface area contributed by atoms with E-state index in [0.717, 1.165) is 0 Å². The molecule has 0 N–H and O–H groups in total. The summed E-state index contributed by atoms with van der Waals surface area (Å²) in [4.78, 5) is 21.4. The predicted molar refractivity (Wildman–Crippen MR) is 71.7 cm³/mol. The zero-order valence-electron chi connectivity index (χ0n) is 12.9. The number of esters is 2. The van der Waals surface area contributed by atoms with Gasteiger partial charge in [0.2, 0.25) is 0 Å². The fraction of sp³-hybridized carbons (Fsp3) is 0.857. The molecule has 112 valence electrons. The SMILES string of the molecule is CC(=O)OCCC(C)(C)OC(C)(C)CCOC(C)=O. The summed E-state index contributed by atoms with van der Waals surface area (Å²) in [6.45, 7) is 11.2. The molecule has 0 aliphatic rings. The van der Waals surface area contributed by atoms with Gasteiger partial charge in [-0.25, -0.2) is 0 Å². The van der Waals surface area contributed by atoms with Gasteiger partial charge in [0, 0.05) is 26.7 Å². The Balaban J connectivity index is 4.13. The van der Waals surface area contributed by atoms with Crippen molar-refractivity contribution < 1.29 is 23.8 Å². The predicted octanol–water partition coefficient (Wildman–Crippen LogP) is 2.47. The molecular formula is C14H26O5. The van der Waals surface area contributed by atoms with E-state index in [1.54, 1.807) is 0 Å². The number of carbonyl (C=O) groups excluding carboxylic acids is 2. The molecule has 0 aliphatic heterocycles. The summed E-state index contributed by atoms with van der Waals surface area (Å²) in [5, 5.41) is 0. The average molecular weight is 274 g/mol. The van der Waals surface area contributed by atoms with E-state index in [0.29, 0.717) is 26.1 Å². The normalized spacial score (nSPS) is 12.1. The minimum Gasteiger partial charge on any atom is -0.466 e. The highest BCUT2D eigenvalue weighted by Gasteiger charge is 2.29. The third kappa shape index (κ3) is 10.5. The lowest BCUT2D eigenvalue weighted by molar-refractivity contribution is -0.155. The third-order valence-electron chi connectivity index (χ3n) is 2.57. The van der Waals surface area contributed by atoms with Crippen LogP contribution in [-0.2, 0) is 23.8 Å². The first-order valence-electron chi connectivity index (χ1n) is 6.51. The lowest BCUT2D eigenvalue weighted by atomic mass is 10.0. The maximum atomic E-state index is 10.7. The fourth-order valence-corrected chi connectivity index (χ4v) is 1.73. The molecule has 0 rings (SSSR count). The van der Waals surface area contributed by atoms with Gasteiger partial charge in [0.15, 0.2) is 0 Å². The molecule has 0 bridgehead atoms. The van der Waals surface area contributed by atoms with Crippen LogP contribution in [0.2, 0.25) is 0 Å². The first-order valence-corrected chi connectivity index (χ1v) is 6.51. The monoisotopic (exact) mass is 274 g/mol. The minimum absolute atomic E-state index is 0.287. The summed E-state index contributed by atoms with van der Waals surface area (Å²) in [5.74, 6) is -0.574. The van der Waals surface area contributed by atoms with E-state index in [4.69, 9.17) is 14.2 Å². The first kappa shape index (κ1) is 17.9. The Hall–Kier alpha value is -1.10. The van der Waals surface area contributed by atoms with Crippen molar-refractivity contribution >= 4 is 11.9 Å². The van der Waals surface area contributed by atoms with Crippen LogP contribution in [0.4, 0.5) is 0 Å². The molecular weight excluding hydrogens is 248 g/mol. The number of hydrogen-bond donors (Lipinski definition) is 0. The van der Waals surface area contributed by atoms with Gasteiger partial charge < -0.3 is 14.2 Å². The molecule has 5 heteroatoms. The van der Waals surface area contributed by atoms with Gasteiger partial charge in [-0.15, -0.1) is 0 Å².